The number of benzene rings is 2. The molecule has 0 unspecified atom stereocenters. The Morgan fingerprint density at radius 3 is 2.68 bits per heavy atom. The first-order valence-corrected chi connectivity index (χ1v) is 11.4. The van der Waals surface area contributed by atoms with Gasteiger partial charge >= 0.3 is 0 Å². The van der Waals surface area contributed by atoms with Crippen LogP contribution in [0.2, 0.25) is 10.2 Å². The maximum atomic E-state index is 13.2. The van der Waals surface area contributed by atoms with E-state index in [9.17, 15) is 9.59 Å². The maximum absolute atomic E-state index is 13.2. The lowest BCUT2D eigenvalue weighted by molar-refractivity contribution is 0.0996. The lowest BCUT2D eigenvalue weighted by atomic mass is 9.85. The van der Waals surface area contributed by atoms with Crippen LogP contribution < -0.4 is 10.1 Å². The molecule has 0 saturated carbocycles. The molecule has 0 saturated heterocycles. The van der Waals surface area contributed by atoms with Crippen LogP contribution in [-0.4, -0.2) is 35.0 Å². The molecule has 0 atom stereocenters. The molecule has 0 radical (unpaired) electrons. The zero-order valence-corrected chi connectivity index (χ0v) is 20.5. The first-order chi connectivity index (χ1) is 16.1. The van der Waals surface area contributed by atoms with Crippen LogP contribution in [0.15, 0.2) is 59.7 Å². The van der Waals surface area contributed by atoms with Crippen molar-refractivity contribution in [3.63, 3.8) is 0 Å². The van der Waals surface area contributed by atoms with Gasteiger partial charge < -0.3 is 10.1 Å². The number of ether oxygens (including phenoxy) is 1. The molecule has 3 aromatic rings. The number of aromatic nitrogens is 1. The summed E-state index contributed by atoms with van der Waals surface area (Å²) in [6.07, 6.45) is 2.28. The van der Waals surface area contributed by atoms with Gasteiger partial charge in [-0.2, -0.15) is 0 Å². The van der Waals surface area contributed by atoms with Gasteiger partial charge in [-0.15, -0.1) is 0 Å². The van der Waals surface area contributed by atoms with Crippen LogP contribution >= 0.6 is 23.2 Å². The minimum atomic E-state index is -0.468. The van der Waals surface area contributed by atoms with Crippen LogP contribution in [0.3, 0.4) is 0 Å². The van der Waals surface area contributed by atoms with Crippen LogP contribution in [0.5, 0.6) is 5.75 Å². The highest BCUT2D eigenvalue weighted by Gasteiger charge is 2.28. The van der Waals surface area contributed by atoms with E-state index in [0.29, 0.717) is 16.3 Å². The monoisotopic (exact) mass is 495 g/mol. The summed E-state index contributed by atoms with van der Waals surface area (Å²) in [6, 6.07) is 14.1. The van der Waals surface area contributed by atoms with Crippen molar-refractivity contribution in [1.29, 1.82) is 0 Å². The van der Waals surface area contributed by atoms with E-state index in [2.05, 4.69) is 24.1 Å². The molecule has 1 aliphatic rings. The van der Waals surface area contributed by atoms with Crippen molar-refractivity contribution in [2.24, 2.45) is 4.99 Å². The van der Waals surface area contributed by atoms with Gasteiger partial charge in [-0.3, -0.25) is 14.6 Å². The molecule has 6 nitrogen and oxygen atoms in total. The van der Waals surface area contributed by atoms with E-state index in [1.54, 1.807) is 31.4 Å². The number of fused-ring (bicyclic) bond motifs is 1. The summed E-state index contributed by atoms with van der Waals surface area (Å²) in [6.45, 7) is 4.10. The van der Waals surface area contributed by atoms with Crippen LogP contribution in [0.25, 0.3) is 0 Å². The molecule has 8 heteroatoms. The fourth-order valence-corrected chi connectivity index (χ4v) is 4.32. The molecular weight excluding hydrogens is 473 g/mol. The molecule has 1 aliphatic heterocycles. The number of amides is 1. The second kappa shape index (κ2) is 9.57. The molecule has 0 fully saturated rings. The number of aliphatic imine (C=N–C) groups is 1. The van der Waals surface area contributed by atoms with E-state index < -0.39 is 5.91 Å². The molecule has 2 aromatic carbocycles. The fourth-order valence-electron chi connectivity index (χ4n) is 3.98. The second-order valence-electron chi connectivity index (χ2n) is 8.70. The van der Waals surface area contributed by atoms with Crippen molar-refractivity contribution in [2.75, 3.05) is 12.4 Å². The normalized spacial score (nSPS) is 14.1. The van der Waals surface area contributed by atoms with Gasteiger partial charge in [0.25, 0.3) is 5.91 Å². The minimum Gasteiger partial charge on any atom is -0.497 e. The Balaban J connectivity index is 1.56. The van der Waals surface area contributed by atoms with Gasteiger partial charge in [0, 0.05) is 23.0 Å². The van der Waals surface area contributed by atoms with E-state index in [1.165, 1.54) is 12.3 Å². The summed E-state index contributed by atoms with van der Waals surface area (Å²) < 4.78 is 5.37. The number of hydrogen-bond donors (Lipinski definition) is 1. The van der Waals surface area contributed by atoms with E-state index in [4.69, 9.17) is 32.9 Å². The predicted octanol–water partition coefficient (Wildman–Crippen LogP) is 6.05. The van der Waals surface area contributed by atoms with Gasteiger partial charge in [0.15, 0.2) is 5.78 Å². The van der Waals surface area contributed by atoms with E-state index in [-0.39, 0.29) is 28.5 Å². The molecule has 2 heterocycles. The Labute approximate surface area is 208 Å². The van der Waals surface area contributed by atoms with Crippen LogP contribution in [0.4, 0.5) is 5.69 Å². The number of methoxy groups -OCH3 is 1. The number of rotatable bonds is 6. The van der Waals surface area contributed by atoms with Gasteiger partial charge in [-0.05, 0) is 56.2 Å². The molecule has 0 bridgehead atoms. The number of carbonyl (C=O) groups is 2. The number of pyridine rings is 1. The molecule has 1 N–H and O–H groups in total. The third-order valence-corrected chi connectivity index (χ3v) is 6.02. The van der Waals surface area contributed by atoms with E-state index >= 15 is 0 Å². The largest absolute Gasteiger partial charge is 0.497 e. The van der Waals surface area contributed by atoms with Crippen LogP contribution in [0.1, 0.15) is 52.1 Å². The molecule has 1 amide bonds. The highest BCUT2D eigenvalue weighted by atomic mass is 35.5. The van der Waals surface area contributed by atoms with Crippen molar-refractivity contribution in [1.82, 2.24) is 4.98 Å². The number of hydrogen-bond acceptors (Lipinski definition) is 5. The summed E-state index contributed by atoms with van der Waals surface area (Å²) in [5.74, 6) is 0.144. The Hall–Kier alpha value is -3.22. The molecule has 1 aromatic heterocycles. The number of nitrogens with zero attached hydrogens (tertiary/aromatic N) is 2. The summed E-state index contributed by atoms with van der Waals surface area (Å²) in [5, 5.41) is 3.09. The number of anilines is 1. The Kier molecular flexibility index (Phi) is 6.73. The van der Waals surface area contributed by atoms with Gasteiger partial charge in [-0.1, -0.05) is 41.4 Å². The number of nitrogens with one attached hydrogen (secondary N) is 1. The van der Waals surface area contributed by atoms with Crippen molar-refractivity contribution >= 4 is 46.3 Å². The fraction of sp³-hybridized carbons (Fsp3) is 0.231. The van der Waals surface area contributed by atoms with Gasteiger partial charge in [0.05, 0.1) is 35.4 Å². The molecule has 34 heavy (non-hydrogen) atoms. The Bertz CT molecular complexity index is 1320. The highest BCUT2D eigenvalue weighted by Crippen LogP contribution is 2.31. The second-order valence-corrected chi connectivity index (χ2v) is 9.49. The molecule has 0 aliphatic carbocycles. The van der Waals surface area contributed by atoms with E-state index in [0.717, 1.165) is 29.0 Å². The summed E-state index contributed by atoms with van der Waals surface area (Å²) in [4.78, 5) is 34.6. The third-order valence-electron chi connectivity index (χ3n) is 5.51. The van der Waals surface area contributed by atoms with Gasteiger partial charge in [-0.25, -0.2) is 4.98 Å². The van der Waals surface area contributed by atoms with Gasteiger partial charge in [0.1, 0.15) is 10.9 Å². The average molecular weight is 496 g/mol. The molecule has 174 valence electrons. The Morgan fingerprint density at radius 1 is 1.12 bits per heavy atom. The lowest BCUT2D eigenvalue weighted by Crippen LogP contribution is -2.30. The van der Waals surface area contributed by atoms with Crippen molar-refractivity contribution in [2.45, 2.75) is 32.2 Å². The summed E-state index contributed by atoms with van der Waals surface area (Å²) in [7, 11) is 1.61. The van der Waals surface area contributed by atoms with Crippen molar-refractivity contribution in [3.05, 3.63) is 87.2 Å². The number of ketones is 1. The smallest absolute Gasteiger partial charge is 0.258 e. The highest BCUT2D eigenvalue weighted by molar-refractivity contribution is 6.35. The maximum Gasteiger partial charge on any atom is 0.258 e. The zero-order chi connectivity index (χ0) is 24.5. The number of Topliss-reactive ketones (excluding diaryl/α,β-unsaturated/α-hetero) is 1. The van der Waals surface area contributed by atoms with Gasteiger partial charge in [0.2, 0.25) is 0 Å². The molecular formula is C26H23Cl2N3O3. The van der Waals surface area contributed by atoms with Crippen LogP contribution in [-0.2, 0) is 6.42 Å². The summed E-state index contributed by atoms with van der Waals surface area (Å²) in [5.41, 5.74) is 3.55. The quantitative estimate of drug-likeness (QED) is 0.333. The zero-order valence-electron chi connectivity index (χ0n) is 19.0. The number of halogens is 2. The van der Waals surface area contributed by atoms with E-state index in [1.807, 2.05) is 18.2 Å². The standard InChI is InChI=1S/C26H23Cl2N3O3/c1-26(2)13-16-7-8-19(34-3)11-20(16)22(31-26)12-23(32)15-5-4-6-18(9-15)30-25(33)21-10-17(27)14-29-24(21)28/h4-11,14H,12-13H2,1-3H3,(H,30,33). The third kappa shape index (κ3) is 5.29. The number of carbonyl (C=O) groups excluding carboxylic acids is 2. The minimum absolute atomic E-state index is 0.0427. The molecule has 0 spiro atoms. The van der Waals surface area contributed by atoms with Crippen LogP contribution in [0, 0.1) is 0 Å². The topological polar surface area (TPSA) is 80.6 Å². The average Bonchev–Trinajstić information content (AvgIpc) is 2.79. The lowest BCUT2D eigenvalue weighted by Gasteiger charge is -2.29. The predicted molar refractivity (Wildman–Crippen MR) is 135 cm³/mol. The van der Waals surface area contributed by atoms with Crippen molar-refractivity contribution in [3.8, 4) is 5.75 Å². The SMILES string of the molecule is COc1ccc2c(c1)C(CC(=O)c1cccc(NC(=O)c3cc(Cl)cnc3Cl)c1)=NC(C)(C)C2. The summed E-state index contributed by atoms with van der Waals surface area (Å²) >= 11 is 12.0. The Morgan fingerprint density at radius 2 is 1.91 bits per heavy atom. The first-order valence-electron chi connectivity index (χ1n) is 10.7. The first kappa shape index (κ1) is 23.9. The molecule has 4 rings (SSSR count). The van der Waals surface area contributed by atoms with Crippen molar-refractivity contribution < 1.29 is 14.3 Å².